The Morgan fingerprint density at radius 3 is 2.67 bits per heavy atom. The van der Waals surface area contributed by atoms with E-state index in [1.165, 1.54) is 0 Å². The summed E-state index contributed by atoms with van der Waals surface area (Å²) in [5.41, 5.74) is 2.96. The van der Waals surface area contributed by atoms with E-state index in [4.69, 9.17) is 21.1 Å². The number of pyridine rings is 1. The van der Waals surface area contributed by atoms with Crippen molar-refractivity contribution in [2.45, 2.75) is 25.2 Å². The number of fused-ring (bicyclic) bond motifs is 1. The Hall–Kier alpha value is -2.27. The maximum Gasteiger partial charge on any atom is 0.311 e. The van der Waals surface area contributed by atoms with Gasteiger partial charge >= 0.3 is 5.97 Å². The van der Waals surface area contributed by atoms with Gasteiger partial charge in [0.15, 0.2) is 11.5 Å². The average molecular weight is 348 g/mol. The molecule has 1 unspecified atom stereocenters. The number of methoxy groups -OCH3 is 2. The number of aryl methyl sites for hydroxylation is 1. The smallest absolute Gasteiger partial charge is 0.311 e. The second-order valence-electron chi connectivity index (χ2n) is 5.71. The number of carboxylic acids is 1. The van der Waals surface area contributed by atoms with Crippen LogP contribution in [0.2, 0.25) is 5.02 Å². The summed E-state index contributed by atoms with van der Waals surface area (Å²) in [7, 11) is 3.15. The number of aliphatic carboxylic acids is 1. The number of aromatic nitrogens is 1. The number of hydrogen-bond donors (Lipinski definition) is 1. The Balaban J connectivity index is 2.09. The number of hydrogen-bond acceptors (Lipinski definition) is 4. The van der Waals surface area contributed by atoms with Crippen molar-refractivity contribution in [3.05, 3.63) is 40.5 Å². The zero-order valence-corrected chi connectivity index (χ0v) is 14.3. The Bertz CT molecular complexity index is 791. The first-order valence-electron chi connectivity index (χ1n) is 7.69. The molecule has 126 valence electrons. The first kappa shape index (κ1) is 16.6. The number of nitrogens with zero attached hydrogens (tertiary/aromatic N) is 1. The second kappa shape index (κ2) is 6.69. The molecule has 1 aliphatic rings. The molecule has 1 aliphatic carbocycles. The molecule has 5 nitrogen and oxygen atoms in total. The molecule has 1 aromatic carbocycles. The van der Waals surface area contributed by atoms with Crippen LogP contribution >= 0.6 is 11.6 Å². The van der Waals surface area contributed by atoms with Crippen molar-refractivity contribution in [1.82, 2.24) is 4.98 Å². The molecule has 1 heterocycles. The van der Waals surface area contributed by atoms with E-state index in [-0.39, 0.29) is 0 Å². The number of benzene rings is 1. The lowest BCUT2D eigenvalue weighted by atomic mass is 9.85. The molecule has 0 aliphatic heterocycles. The summed E-state index contributed by atoms with van der Waals surface area (Å²) in [4.78, 5) is 16.1. The van der Waals surface area contributed by atoms with Crippen molar-refractivity contribution < 1.29 is 19.4 Å². The van der Waals surface area contributed by atoms with Crippen LogP contribution in [0.15, 0.2) is 24.3 Å². The summed E-state index contributed by atoms with van der Waals surface area (Å²) >= 11 is 6.41. The zero-order chi connectivity index (χ0) is 17.3. The van der Waals surface area contributed by atoms with Crippen molar-refractivity contribution in [3.63, 3.8) is 0 Å². The quantitative estimate of drug-likeness (QED) is 0.907. The number of rotatable bonds is 4. The van der Waals surface area contributed by atoms with Gasteiger partial charge in [0.2, 0.25) is 0 Å². The monoisotopic (exact) mass is 347 g/mol. The lowest BCUT2D eigenvalue weighted by molar-refractivity contribution is -0.139. The van der Waals surface area contributed by atoms with Gasteiger partial charge < -0.3 is 14.6 Å². The van der Waals surface area contributed by atoms with Crippen LogP contribution in [0.1, 0.15) is 30.0 Å². The highest BCUT2D eigenvalue weighted by molar-refractivity contribution is 6.33. The summed E-state index contributed by atoms with van der Waals surface area (Å²) in [6.45, 7) is 0. The highest BCUT2D eigenvalue weighted by Crippen LogP contribution is 2.38. The van der Waals surface area contributed by atoms with Gasteiger partial charge in [-0.25, -0.2) is 0 Å². The van der Waals surface area contributed by atoms with Gasteiger partial charge in [-0.1, -0.05) is 11.6 Å². The molecule has 6 heteroatoms. The highest BCUT2D eigenvalue weighted by atomic mass is 35.5. The highest BCUT2D eigenvalue weighted by Gasteiger charge is 2.28. The third-order valence-corrected chi connectivity index (χ3v) is 4.61. The van der Waals surface area contributed by atoms with Gasteiger partial charge in [0.05, 0.1) is 30.9 Å². The molecule has 0 fully saturated rings. The number of carboxylic acid groups (broad SMARTS) is 1. The normalized spacial score (nSPS) is 16.4. The molecule has 1 aromatic heterocycles. The fourth-order valence-electron chi connectivity index (χ4n) is 3.11. The minimum Gasteiger partial charge on any atom is -0.493 e. The first-order valence-corrected chi connectivity index (χ1v) is 8.07. The zero-order valence-electron chi connectivity index (χ0n) is 13.5. The molecule has 0 amide bonds. The van der Waals surface area contributed by atoms with E-state index in [9.17, 15) is 9.90 Å². The van der Waals surface area contributed by atoms with Gasteiger partial charge in [0.25, 0.3) is 0 Å². The Labute approximate surface area is 145 Å². The predicted octanol–water partition coefficient (Wildman–Crippen LogP) is 3.92. The summed E-state index contributed by atoms with van der Waals surface area (Å²) in [5, 5.41) is 9.83. The second-order valence-corrected chi connectivity index (χ2v) is 6.11. The molecule has 1 atom stereocenters. The van der Waals surface area contributed by atoms with E-state index >= 15 is 0 Å². The van der Waals surface area contributed by atoms with E-state index in [0.717, 1.165) is 29.7 Å². The van der Waals surface area contributed by atoms with E-state index in [0.29, 0.717) is 28.6 Å². The van der Waals surface area contributed by atoms with E-state index in [1.54, 1.807) is 26.4 Å². The molecular formula is C18H18ClNO4. The van der Waals surface area contributed by atoms with Gasteiger partial charge in [-0.3, -0.25) is 9.78 Å². The van der Waals surface area contributed by atoms with Crippen LogP contribution < -0.4 is 9.47 Å². The van der Waals surface area contributed by atoms with E-state index in [2.05, 4.69) is 4.98 Å². The maximum atomic E-state index is 11.4. The molecule has 0 saturated heterocycles. The molecule has 0 bridgehead atoms. The summed E-state index contributed by atoms with van der Waals surface area (Å²) < 4.78 is 10.6. The average Bonchev–Trinajstić information content (AvgIpc) is 2.59. The maximum absolute atomic E-state index is 11.4. The SMILES string of the molecule is COc1ccc(-c2nc3c(cc2Cl)C(C(=O)O)CCC3)cc1OC. The fourth-order valence-corrected chi connectivity index (χ4v) is 3.38. The van der Waals surface area contributed by atoms with Gasteiger partial charge in [-0.05, 0) is 49.1 Å². The lowest BCUT2D eigenvalue weighted by Gasteiger charge is -2.23. The number of carbonyl (C=O) groups is 1. The molecule has 0 radical (unpaired) electrons. The number of halogens is 1. The van der Waals surface area contributed by atoms with Gasteiger partial charge in [0, 0.05) is 11.3 Å². The molecule has 0 saturated carbocycles. The third-order valence-electron chi connectivity index (χ3n) is 4.33. The van der Waals surface area contributed by atoms with Gasteiger partial charge in [0.1, 0.15) is 0 Å². The van der Waals surface area contributed by atoms with Crippen molar-refractivity contribution in [1.29, 1.82) is 0 Å². The molecular weight excluding hydrogens is 330 g/mol. The van der Waals surface area contributed by atoms with Crippen LogP contribution in [-0.4, -0.2) is 30.3 Å². The molecule has 1 N–H and O–H groups in total. The molecule has 24 heavy (non-hydrogen) atoms. The first-order chi connectivity index (χ1) is 11.5. The fraction of sp³-hybridized carbons (Fsp3) is 0.333. The van der Waals surface area contributed by atoms with Crippen molar-refractivity contribution >= 4 is 17.6 Å². The Morgan fingerprint density at radius 1 is 1.25 bits per heavy atom. The molecule has 0 spiro atoms. The van der Waals surface area contributed by atoms with Crippen LogP contribution in [0.3, 0.4) is 0 Å². The van der Waals surface area contributed by atoms with Crippen LogP contribution in [0, 0.1) is 0 Å². The summed E-state index contributed by atoms with van der Waals surface area (Å²) in [6, 6.07) is 7.22. The molecule has 2 aromatic rings. The standard InChI is InChI=1S/C18H18ClNO4/c1-23-15-7-6-10(8-16(15)24-2)17-13(19)9-12-11(18(21)22)4-3-5-14(12)20-17/h6-9,11H,3-5H2,1-2H3,(H,21,22). The van der Waals surface area contributed by atoms with Gasteiger partial charge in [-0.15, -0.1) is 0 Å². The lowest BCUT2D eigenvalue weighted by Crippen LogP contribution is -2.19. The van der Waals surface area contributed by atoms with Crippen LogP contribution in [0.5, 0.6) is 11.5 Å². The van der Waals surface area contributed by atoms with Crippen molar-refractivity contribution in [2.75, 3.05) is 14.2 Å². The van der Waals surface area contributed by atoms with E-state index in [1.807, 2.05) is 12.1 Å². The summed E-state index contributed by atoms with van der Waals surface area (Å²) in [5.74, 6) is -0.138. The minimum absolute atomic E-state index is 0.439. The largest absolute Gasteiger partial charge is 0.493 e. The Kier molecular flexibility index (Phi) is 4.62. The molecule has 3 rings (SSSR count). The summed E-state index contributed by atoms with van der Waals surface area (Å²) in [6.07, 6.45) is 2.19. The van der Waals surface area contributed by atoms with Crippen molar-refractivity contribution in [3.8, 4) is 22.8 Å². The van der Waals surface area contributed by atoms with Crippen LogP contribution in [-0.2, 0) is 11.2 Å². The topological polar surface area (TPSA) is 68.7 Å². The third kappa shape index (κ3) is 2.91. The van der Waals surface area contributed by atoms with Crippen LogP contribution in [0.25, 0.3) is 11.3 Å². The predicted molar refractivity (Wildman–Crippen MR) is 91.1 cm³/mol. The van der Waals surface area contributed by atoms with Crippen LogP contribution in [0.4, 0.5) is 0 Å². The Morgan fingerprint density at radius 2 is 2.00 bits per heavy atom. The van der Waals surface area contributed by atoms with E-state index < -0.39 is 11.9 Å². The van der Waals surface area contributed by atoms with Crippen molar-refractivity contribution in [2.24, 2.45) is 0 Å². The minimum atomic E-state index is -0.826. The number of ether oxygens (including phenoxy) is 2. The van der Waals surface area contributed by atoms with Gasteiger partial charge in [-0.2, -0.15) is 0 Å².